The zero-order chi connectivity index (χ0) is 14.7. The van der Waals surface area contributed by atoms with Gasteiger partial charge in [-0.15, -0.1) is 0 Å². The smallest absolute Gasteiger partial charge is 0.254 e. The second kappa shape index (κ2) is 5.86. The molecule has 0 radical (unpaired) electrons. The summed E-state index contributed by atoms with van der Waals surface area (Å²) in [6.45, 7) is 2.02. The van der Waals surface area contributed by atoms with Gasteiger partial charge < -0.3 is 4.90 Å². The molecule has 106 valence electrons. The summed E-state index contributed by atoms with van der Waals surface area (Å²) in [5.41, 5.74) is 1.64. The van der Waals surface area contributed by atoms with Crippen LogP contribution in [0.4, 0.5) is 0 Å². The molecule has 0 spiro atoms. The molecule has 1 aromatic rings. The largest absolute Gasteiger partial charge is 0.330 e. The van der Waals surface area contributed by atoms with Crippen molar-refractivity contribution < 1.29 is 14.4 Å². The van der Waals surface area contributed by atoms with E-state index in [9.17, 15) is 14.4 Å². The van der Waals surface area contributed by atoms with E-state index in [0.717, 1.165) is 12.0 Å². The second-order valence-electron chi connectivity index (χ2n) is 4.94. The topological polar surface area (TPSA) is 66.5 Å². The molecule has 0 aliphatic carbocycles. The van der Waals surface area contributed by atoms with E-state index < -0.39 is 11.9 Å². The number of carbonyl (C=O) groups is 3. The maximum absolute atomic E-state index is 12.4. The highest BCUT2D eigenvalue weighted by molar-refractivity contribution is 6.03. The zero-order valence-corrected chi connectivity index (χ0v) is 11.7. The normalized spacial score (nSPS) is 18.6. The fourth-order valence-electron chi connectivity index (χ4n) is 2.32. The number of hydrogen-bond acceptors (Lipinski definition) is 3. The van der Waals surface area contributed by atoms with Crippen molar-refractivity contribution in [2.75, 3.05) is 7.05 Å². The molecule has 1 fully saturated rings. The average molecular weight is 274 g/mol. The minimum Gasteiger partial charge on any atom is -0.330 e. The fourth-order valence-corrected chi connectivity index (χ4v) is 2.32. The van der Waals surface area contributed by atoms with Gasteiger partial charge in [0.25, 0.3) is 5.91 Å². The van der Waals surface area contributed by atoms with Crippen LogP contribution < -0.4 is 5.32 Å². The number of nitrogens with zero attached hydrogens (tertiary/aromatic N) is 1. The van der Waals surface area contributed by atoms with Gasteiger partial charge in [-0.3, -0.25) is 19.7 Å². The van der Waals surface area contributed by atoms with E-state index in [2.05, 4.69) is 5.32 Å². The average Bonchev–Trinajstić information content (AvgIpc) is 2.46. The third-order valence-electron chi connectivity index (χ3n) is 3.58. The first-order chi connectivity index (χ1) is 9.52. The summed E-state index contributed by atoms with van der Waals surface area (Å²) in [5.74, 6) is -0.876. The Kier molecular flexibility index (Phi) is 4.17. The van der Waals surface area contributed by atoms with Crippen molar-refractivity contribution in [1.29, 1.82) is 0 Å². The van der Waals surface area contributed by atoms with Gasteiger partial charge in [0.15, 0.2) is 0 Å². The summed E-state index contributed by atoms with van der Waals surface area (Å²) in [7, 11) is 1.60. The van der Waals surface area contributed by atoms with E-state index in [1.54, 1.807) is 13.1 Å². The lowest BCUT2D eigenvalue weighted by atomic mass is 10.0. The van der Waals surface area contributed by atoms with Gasteiger partial charge in [0.2, 0.25) is 11.8 Å². The van der Waals surface area contributed by atoms with E-state index >= 15 is 0 Å². The van der Waals surface area contributed by atoms with Crippen LogP contribution in [0.15, 0.2) is 24.3 Å². The Morgan fingerprint density at radius 1 is 1.40 bits per heavy atom. The molecular formula is C15H18N2O3. The minimum absolute atomic E-state index is 0.199. The first kappa shape index (κ1) is 14.2. The number of amides is 3. The first-order valence-electron chi connectivity index (χ1n) is 6.72. The number of imide groups is 1. The highest BCUT2D eigenvalue weighted by Gasteiger charge is 2.32. The van der Waals surface area contributed by atoms with E-state index in [4.69, 9.17) is 0 Å². The summed E-state index contributed by atoms with van der Waals surface area (Å²) in [5, 5.41) is 2.27. The van der Waals surface area contributed by atoms with Gasteiger partial charge in [0.05, 0.1) is 0 Å². The number of hydrogen-bond donors (Lipinski definition) is 1. The first-order valence-corrected chi connectivity index (χ1v) is 6.72. The molecule has 0 bridgehead atoms. The maximum Gasteiger partial charge on any atom is 0.254 e. The predicted molar refractivity (Wildman–Crippen MR) is 74.1 cm³/mol. The number of aryl methyl sites for hydroxylation is 1. The van der Waals surface area contributed by atoms with E-state index in [0.29, 0.717) is 12.0 Å². The molecular weight excluding hydrogens is 256 g/mol. The third kappa shape index (κ3) is 2.87. The van der Waals surface area contributed by atoms with Crippen LogP contribution in [-0.2, 0) is 16.0 Å². The minimum atomic E-state index is -0.578. The number of carbonyl (C=O) groups excluding carboxylic acids is 3. The van der Waals surface area contributed by atoms with Crippen molar-refractivity contribution in [1.82, 2.24) is 10.2 Å². The van der Waals surface area contributed by atoms with Gasteiger partial charge in [-0.2, -0.15) is 0 Å². The van der Waals surface area contributed by atoms with E-state index in [1.807, 2.05) is 25.1 Å². The van der Waals surface area contributed by atoms with Crippen molar-refractivity contribution in [3.63, 3.8) is 0 Å². The molecule has 1 saturated heterocycles. The van der Waals surface area contributed by atoms with Crippen molar-refractivity contribution in [2.45, 2.75) is 32.2 Å². The Morgan fingerprint density at radius 2 is 2.15 bits per heavy atom. The number of rotatable bonds is 3. The molecule has 5 nitrogen and oxygen atoms in total. The van der Waals surface area contributed by atoms with Crippen LogP contribution in [-0.4, -0.2) is 35.7 Å². The molecule has 2 rings (SSSR count). The molecule has 1 unspecified atom stereocenters. The maximum atomic E-state index is 12.4. The van der Waals surface area contributed by atoms with E-state index in [-0.39, 0.29) is 18.2 Å². The van der Waals surface area contributed by atoms with Gasteiger partial charge >= 0.3 is 0 Å². The lowest BCUT2D eigenvalue weighted by molar-refractivity contribution is -0.136. The van der Waals surface area contributed by atoms with Gasteiger partial charge in [0.1, 0.15) is 6.04 Å². The van der Waals surface area contributed by atoms with Gasteiger partial charge in [-0.25, -0.2) is 0 Å². The van der Waals surface area contributed by atoms with Gasteiger partial charge in [-0.05, 0) is 30.5 Å². The van der Waals surface area contributed by atoms with Crippen molar-refractivity contribution in [3.8, 4) is 0 Å². The number of piperidine rings is 1. The quantitative estimate of drug-likeness (QED) is 0.840. The fraction of sp³-hybridized carbons (Fsp3) is 0.400. The van der Waals surface area contributed by atoms with Crippen LogP contribution in [0.5, 0.6) is 0 Å². The van der Waals surface area contributed by atoms with Crippen LogP contribution in [0.1, 0.15) is 35.7 Å². The lowest BCUT2D eigenvalue weighted by Crippen LogP contribution is -2.52. The highest BCUT2D eigenvalue weighted by Crippen LogP contribution is 2.15. The summed E-state index contributed by atoms with van der Waals surface area (Å²) in [4.78, 5) is 36.7. The van der Waals surface area contributed by atoms with Gasteiger partial charge in [-0.1, -0.05) is 19.1 Å². The Hall–Kier alpha value is -2.17. The molecule has 1 N–H and O–H groups in total. The van der Waals surface area contributed by atoms with Crippen LogP contribution in [0.3, 0.4) is 0 Å². The summed E-state index contributed by atoms with van der Waals surface area (Å²) in [6.07, 6.45) is 1.49. The predicted octanol–water partition coefficient (Wildman–Crippen LogP) is 1.13. The Labute approximate surface area is 118 Å². The highest BCUT2D eigenvalue weighted by atomic mass is 16.2. The molecule has 1 aromatic carbocycles. The monoisotopic (exact) mass is 274 g/mol. The molecule has 20 heavy (non-hydrogen) atoms. The van der Waals surface area contributed by atoms with Crippen molar-refractivity contribution >= 4 is 17.7 Å². The molecule has 1 heterocycles. The molecule has 0 saturated carbocycles. The Morgan fingerprint density at radius 3 is 2.80 bits per heavy atom. The molecule has 1 aliphatic heterocycles. The van der Waals surface area contributed by atoms with Crippen molar-refractivity contribution in [3.05, 3.63) is 35.4 Å². The molecule has 1 aliphatic rings. The second-order valence-corrected chi connectivity index (χ2v) is 4.94. The van der Waals surface area contributed by atoms with Crippen LogP contribution in [0.2, 0.25) is 0 Å². The molecule has 0 aromatic heterocycles. The zero-order valence-electron chi connectivity index (χ0n) is 11.7. The third-order valence-corrected chi connectivity index (χ3v) is 3.58. The van der Waals surface area contributed by atoms with Crippen LogP contribution >= 0.6 is 0 Å². The van der Waals surface area contributed by atoms with Gasteiger partial charge in [0, 0.05) is 19.0 Å². The van der Waals surface area contributed by atoms with E-state index in [1.165, 1.54) is 4.90 Å². The molecule has 3 amide bonds. The SMILES string of the molecule is CCc1cccc(C(=O)N(C)C2CCC(=O)NC2=O)c1. The number of nitrogens with one attached hydrogen (secondary N) is 1. The molecule has 1 atom stereocenters. The lowest BCUT2D eigenvalue weighted by Gasteiger charge is -2.29. The summed E-state index contributed by atoms with van der Waals surface area (Å²) in [6, 6.07) is 6.80. The summed E-state index contributed by atoms with van der Waals surface area (Å²) >= 11 is 0. The summed E-state index contributed by atoms with van der Waals surface area (Å²) < 4.78 is 0. The number of benzene rings is 1. The molecule has 5 heteroatoms. The Bertz CT molecular complexity index is 554. The van der Waals surface area contributed by atoms with Crippen molar-refractivity contribution in [2.24, 2.45) is 0 Å². The Balaban J connectivity index is 2.15. The number of likely N-dealkylation sites (N-methyl/N-ethyl adjacent to an activating group) is 1. The van der Waals surface area contributed by atoms with Crippen LogP contribution in [0, 0.1) is 0 Å². The standard InChI is InChI=1S/C15H18N2O3/c1-3-10-5-4-6-11(9-10)15(20)17(2)12-7-8-13(18)16-14(12)19/h4-6,9,12H,3,7-8H2,1-2H3,(H,16,18,19). The van der Waals surface area contributed by atoms with Crippen LogP contribution in [0.25, 0.3) is 0 Å².